The van der Waals surface area contributed by atoms with Gasteiger partial charge in [-0.3, -0.25) is 4.79 Å². The number of nitrogens with one attached hydrogen (secondary N) is 1. The molecule has 0 unspecified atom stereocenters. The SMILES string of the molecule is COc1ccc(CC(=O)NCC[C@@H](O)c2ccccc2)cc1. The van der Waals surface area contributed by atoms with Crippen LogP contribution in [0.5, 0.6) is 5.75 Å². The molecule has 0 saturated carbocycles. The molecule has 2 aromatic carbocycles. The Morgan fingerprint density at radius 1 is 1.14 bits per heavy atom. The van der Waals surface area contributed by atoms with Crippen molar-refractivity contribution in [2.24, 2.45) is 0 Å². The number of amides is 1. The molecule has 4 heteroatoms. The van der Waals surface area contributed by atoms with Crippen molar-refractivity contribution in [1.29, 1.82) is 0 Å². The predicted octanol–water partition coefficient (Wildman–Crippen LogP) is 2.48. The van der Waals surface area contributed by atoms with Crippen molar-refractivity contribution in [2.45, 2.75) is 18.9 Å². The summed E-state index contributed by atoms with van der Waals surface area (Å²) in [6.45, 7) is 0.449. The summed E-state index contributed by atoms with van der Waals surface area (Å²) in [6.07, 6.45) is 0.270. The molecule has 0 fully saturated rings. The molecule has 0 aliphatic heterocycles. The first-order valence-corrected chi connectivity index (χ1v) is 7.31. The van der Waals surface area contributed by atoms with Gasteiger partial charge in [-0.1, -0.05) is 42.5 Å². The summed E-state index contributed by atoms with van der Waals surface area (Å²) < 4.78 is 5.08. The van der Waals surface area contributed by atoms with Crippen LogP contribution in [0.25, 0.3) is 0 Å². The number of aliphatic hydroxyl groups excluding tert-OH is 1. The quantitative estimate of drug-likeness (QED) is 0.826. The van der Waals surface area contributed by atoms with Crippen molar-refractivity contribution in [3.05, 3.63) is 65.7 Å². The zero-order valence-corrected chi connectivity index (χ0v) is 12.7. The Bertz CT molecular complexity index is 581. The second-order valence-electron chi connectivity index (χ2n) is 5.09. The van der Waals surface area contributed by atoms with Crippen molar-refractivity contribution in [3.63, 3.8) is 0 Å². The Labute approximate surface area is 130 Å². The summed E-state index contributed by atoms with van der Waals surface area (Å²) in [5.74, 6) is 0.723. The molecule has 0 aliphatic carbocycles. The zero-order chi connectivity index (χ0) is 15.8. The number of rotatable bonds is 7. The lowest BCUT2D eigenvalue weighted by Crippen LogP contribution is -2.27. The Hall–Kier alpha value is -2.33. The van der Waals surface area contributed by atoms with Crippen LogP contribution in [0.4, 0.5) is 0 Å². The van der Waals surface area contributed by atoms with Crippen LogP contribution in [0.1, 0.15) is 23.7 Å². The smallest absolute Gasteiger partial charge is 0.224 e. The number of benzene rings is 2. The van der Waals surface area contributed by atoms with E-state index in [-0.39, 0.29) is 5.91 Å². The van der Waals surface area contributed by atoms with Crippen LogP contribution in [0.3, 0.4) is 0 Å². The van der Waals surface area contributed by atoms with E-state index in [1.54, 1.807) is 7.11 Å². The third kappa shape index (κ3) is 4.90. The molecule has 0 radical (unpaired) electrons. The molecular formula is C18H21NO3. The summed E-state index contributed by atoms with van der Waals surface area (Å²) in [5, 5.41) is 12.8. The normalized spacial score (nSPS) is 11.7. The summed E-state index contributed by atoms with van der Waals surface area (Å²) >= 11 is 0. The van der Waals surface area contributed by atoms with Gasteiger partial charge in [-0.05, 0) is 29.7 Å². The molecule has 0 saturated heterocycles. The fraction of sp³-hybridized carbons (Fsp3) is 0.278. The average Bonchev–Trinajstić information content (AvgIpc) is 2.56. The van der Waals surface area contributed by atoms with Gasteiger partial charge in [0.25, 0.3) is 0 Å². The van der Waals surface area contributed by atoms with Gasteiger partial charge in [0.15, 0.2) is 0 Å². The van der Waals surface area contributed by atoms with Gasteiger partial charge in [0.1, 0.15) is 5.75 Å². The monoisotopic (exact) mass is 299 g/mol. The number of carbonyl (C=O) groups excluding carboxylic acids is 1. The van der Waals surface area contributed by atoms with E-state index in [0.29, 0.717) is 19.4 Å². The second-order valence-corrected chi connectivity index (χ2v) is 5.09. The van der Waals surface area contributed by atoms with Crippen molar-refractivity contribution in [1.82, 2.24) is 5.32 Å². The van der Waals surface area contributed by atoms with E-state index in [4.69, 9.17) is 4.74 Å². The van der Waals surface area contributed by atoms with E-state index in [1.807, 2.05) is 54.6 Å². The lowest BCUT2D eigenvalue weighted by molar-refractivity contribution is -0.120. The Kier molecular flexibility index (Phi) is 5.98. The highest BCUT2D eigenvalue weighted by molar-refractivity contribution is 5.78. The van der Waals surface area contributed by atoms with E-state index in [0.717, 1.165) is 16.9 Å². The molecule has 0 aromatic heterocycles. The minimum absolute atomic E-state index is 0.0505. The maximum Gasteiger partial charge on any atom is 0.224 e. The Morgan fingerprint density at radius 3 is 2.45 bits per heavy atom. The van der Waals surface area contributed by atoms with Gasteiger partial charge >= 0.3 is 0 Å². The molecule has 2 aromatic rings. The standard InChI is InChI=1S/C18H21NO3/c1-22-16-9-7-14(8-10-16)13-18(21)19-12-11-17(20)15-5-3-2-4-6-15/h2-10,17,20H,11-13H2,1H3,(H,19,21)/t17-/m1/s1. The van der Waals surface area contributed by atoms with Crippen LogP contribution in [0.2, 0.25) is 0 Å². The third-order valence-corrected chi connectivity index (χ3v) is 3.45. The summed E-state index contributed by atoms with van der Waals surface area (Å²) in [4.78, 5) is 11.9. The van der Waals surface area contributed by atoms with E-state index in [9.17, 15) is 9.90 Å². The molecule has 22 heavy (non-hydrogen) atoms. The third-order valence-electron chi connectivity index (χ3n) is 3.45. The van der Waals surface area contributed by atoms with Crippen LogP contribution in [-0.2, 0) is 11.2 Å². The van der Waals surface area contributed by atoms with Crippen LogP contribution in [0.15, 0.2) is 54.6 Å². The lowest BCUT2D eigenvalue weighted by Gasteiger charge is -2.11. The van der Waals surface area contributed by atoms with E-state index < -0.39 is 6.10 Å². The molecule has 0 spiro atoms. The first-order valence-electron chi connectivity index (χ1n) is 7.31. The number of hydrogen-bond acceptors (Lipinski definition) is 3. The van der Waals surface area contributed by atoms with Crippen molar-refractivity contribution < 1.29 is 14.6 Å². The predicted molar refractivity (Wildman–Crippen MR) is 85.7 cm³/mol. The Balaban J connectivity index is 1.73. The number of aliphatic hydroxyl groups is 1. The van der Waals surface area contributed by atoms with Crippen LogP contribution < -0.4 is 10.1 Å². The highest BCUT2D eigenvalue weighted by Gasteiger charge is 2.08. The maximum atomic E-state index is 11.9. The van der Waals surface area contributed by atoms with Gasteiger partial charge in [-0.15, -0.1) is 0 Å². The highest BCUT2D eigenvalue weighted by atomic mass is 16.5. The zero-order valence-electron chi connectivity index (χ0n) is 12.7. The topological polar surface area (TPSA) is 58.6 Å². The van der Waals surface area contributed by atoms with Crippen molar-refractivity contribution in [3.8, 4) is 5.75 Å². The van der Waals surface area contributed by atoms with Gasteiger partial charge in [0.05, 0.1) is 19.6 Å². The number of ether oxygens (including phenoxy) is 1. The second kappa shape index (κ2) is 8.20. The van der Waals surface area contributed by atoms with Gasteiger partial charge in [-0.2, -0.15) is 0 Å². The maximum absolute atomic E-state index is 11.9. The van der Waals surface area contributed by atoms with Gasteiger partial charge in [0.2, 0.25) is 5.91 Å². The molecule has 4 nitrogen and oxygen atoms in total. The summed E-state index contributed by atoms with van der Waals surface area (Å²) in [7, 11) is 1.61. The van der Waals surface area contributed by atoms with E-state index >= 15 is 0 Å². The number of carbonyl (C=O) groups is 1. The fourth-order valence-electron chi connectivity index (χ4n) is 2.18. The number of methoxy groups -OCH3 is 1. The molecular weight excluding hydrogens is 278 g/mol. The van der Waals surface area contributed by atoms with Gasteiger partial charge < -0.3 is 15.2 Å². The molecule has 1 atom stereocenters. The first-order chi connectivity index (χ1) is 10.7. The van der Waals surface area contributed by atoms with Gasteiger partial charge in [0, 0.05) is 6.54 Å². The summed E-state index contributed by atoms with van der Waals surface area (Å²) in [5.41, 5.74) is 1.80. The molecule has 0 bridgehead atoms. The fourth-order valence-corrected chi connectivity index (χ4v) is 2.18. The largest absolute Gasteiger partial charge is 0.497 e. The molecule has 0 aliphatic rings. The van der Waals surface area contributed by atoms with Crippen LogP contribution in [-0.4, -0.2) is 24.7 Å². The lowest BCUT2D eigenvalue weighted by atomic mass is 10.1. The Morgan fingerprint density at radius 2 is 1.82 bits per heavy atom. The summed E-state index contributed by atoms with van der Waals surface area (Å²) in [6, 6.07) is 16.9. The minimum Gasteiger partial charge on any atom is -0.497 e. The van der Waals surface area contributed by atoms with Crippen LogP contribution >= 0.6 is 0 Å². The number of hydrogen-bond donors (Lipinski definition) is 2. The molecule has 1 amide bonds. The van der Waals surface area contributed by atoms with E-state index in [1.165, 1.54) is 0 Å². The van der Waals surface area contributed by atoms with Gasteiger partial charge in [-0.25, -0.2) is 0 Å². The molecule has 0 heterocycles. The molecule has 2 rings (SSSR count). The average molecular weight is 299 g/mol. The van der Waals surface area contributed by atoms with Crippen molar-refractivity contribution >= 4 is 5.91 Å². The van der Waals surface area contributed by atoms with Crippen LogP contribution in [0, 0.1) is 0 Å². The highest BCUT2D eigenvalue weighted by Crippen LogP contribution is 2.15. The minimum atomic E-state index is -0.553. The molecule has 2 N–H and O–H groups in total. The first kappa shape index (κ1) is 16.0. The molecule has 116 valence electrons. The van der Waals surface area contributed by atoms with E-state index in [2.05, 4.69) is 5.32 Å². The van der Waals surface area contributed by atoms with Crippen molar-refractivity contribution in [2.75, 3.05) is 13.7 Å².